The van der Waals surface area contributed by atoms with Crippen molar-refractivity contribution in [2.24, 2.45) is 0 Å². The minimum Gasteiger partial charge on any atom is -0.493 e. The van der Waals surface area contributed by atoms with E-state index in [-0.39, 0.29) is 6.61 Å². The number of fused-ring (bicyclic) bond motifs is 2. The molecule has 0 fully saturated rings. The minimum absolute atomic E-state index is 0.111. The maximum atomic E-state index is 11.2. The van der Waals surface area contributed by atoms with Crippen LogP contribution in [-0.2, 0) is 20.7 Å². The van der Waals surface area contributed by atoms with Gasteiger partial charge in [-0.05, 0) is 37.1 Å². The van der Waals surface area contributed by atoms with Gasteiger partial charge in [-0.25, -0.2) is 9.97 Å². The Balaban J connectivity index is 1.69. The van der Waals surface area contributed by atoms with Crippen molar-refractivity contribution in [1.82, 2.24) is 9.97 Å². The van der Waals surface area contributed by atoms with Gasteiger partial charge in [-0.2, -0.15) is 8.42 Å². The first-order valence-corrected chi connectivity index (χ1v) is 11.8. The average Bonchev–Trinajstić information content (AvgIpc) is 3.13. The van der Waals surface area contributed by atoms with Crippen LogP contribution in [0.4, 0.5) is 11.5 Å². The zero-order chi connectivity index (χ0) is 22.2. The Hall–Kier alpha value is -2.62. The van der Waals surface area contributed by atoms with Crippen LogP contribution in [0.3, 0.4) is 0 Å². The number of hydrogen-bond donors (Lipinski definition) is 0. The molecule has 0 saturated heterocycles. The predicted octanol–water partition coefficient (Wildman–Crippen LogP) is 3.73. The van der Waals surface area contributed by atoms with Crippen molar-refractivity contribution in [3.8, 4) is 11.5 Å². The number of methoxy groups -OCH3 is 1. The quantitative estimate of drug-likeness (QED) is 0.489. The van der Waals surface area contributed by atoms with Crippen LogP contribution >= 0.6 is 11.6 Å². The number of halogens is 1. The minimum atomic E-state index is -3.55. The van der Waals surface area contributed by atoms with Crippen molar-refractivity contribution in [2.75, 3.05) is 31.4 Å². The van der Waals surface area contributed by atoms with E-state index in [0.29, 0.717) is 22.0 Å². The highest BCUT2D eigenvalue weighted by Crippen LogP contribution is 2.40. The molecule has 0 saturated carbocycles. The van der Waals surface area contributed by atoms with Crippen LogP contribution in [-0.4, -0.2) is 51.0 Å². The Morgan fingerprint density at radius 2 is 2.00 bits per heavy atom. The molecule has 0 N–H and O–H groups in total. The zero-order valence-corrected chi connectivity index (χ0v) is 18.9. The lowest BCUT2D eigenvalue weighted by atomic mass is 10.1. The molecule has 0 aliphatic carbocycles. The largest absolute Gasteiger partial charge is 0.493 e. The SMILES string of the molecule is COc1cc2c(N3CCc4ccc(Cl)cc43)ncnc2cc1OC(C)COS(C)(=O)=O. The van der Waals surface area contributed by atoms with E-state index in [4.69, 9.17) is 25.3 Å². The van der Waals surface area contributed by atoms with E-state index in [9.17, 15) is 8.42 Å². The molecule has 164 valence electrons. The second-order valence-corrected chi connectivity index (χ2v) is 9.39. The molecule has 2 heterocycles. The van der Waals surface area contributed by atoms with Crippen LogP contribution in [0.15, 0.2) is 36.7 Å². The molecule has 1 unspecified atom stereocenters. The lowest BCUT2D eigenvalue weighted by molar-refractivity contribution is 0.143. The van der Waals surface area contributed by atoms with Crippen LogP contribution in [0.25, 0.3) is 10.9 Å². The molecule has 3 aromatic rings. The van der Waals surface area contributed by atoms with Gasteiger partial charge in [-0.1, -0.05) is 17.7 Å². The molecule has 0 spiro atoms. The van der Waals surface area contributed by atoms with Crippen molar-refractivity contribution < 1.29 is 22.1 Å². The summed E-state index contributed by atoms with van der Waals surface area (Å²) in [7, 11) is -2.01. The molecule has 1 atom stereocenters. The summed E-state index contributed by atoms with van der Waals surface area (Å²) in [4.78, 5) is 11.0. The highest BCUT2D eigenvalue weighted by Gasteiger charge is 2.24. The summed E-state index contributed by atoms with van der Waals surface area (Å²) >= 11 is 6.22. The summed E-state index contributed by atoms with van der Waals surface area (Å²) in [6.45, 7) is 2.38. The van der Waals surface area contributed by atoms with Crippen molar-refractivity contribution in [3.05, 3.63) is 47.2 Å². The average molecular weight is 464 g/mol. The number of nitrogens with zero attached hydrogens (tertiary/aromatic N) is 3. The maximum Gasteiger partial charge on any atom is 0.264 e. The fourth-order valence-electron chi connectivity index (χ4n) is 3.56. The summed E-state index contributed by atoms with van der Waals surface area (Å²) < 4.78 is 38.7. The first-order valence-electron chi connectivity index (χ1n) is 9.65. The molecule has 10 heteroatoms. The van der Waals surface area contributed by atoms with Gasteiger partial charge in [0.1, 0.15) is 24.9 Å². The van der Waals surface area contributed by atoms with Gasteiger partial charge < -0.3 is 14.4 Å². The van der Waals surface area contributed by atoms with Crippen LogP contribution in [0, 0.1) is 0 Å². The Kier molecular flexibility index (Phi) is 5.92. The summed E-state index contributed by atoms with van der Waals surface area (Å²) in [6.07, 6.45) is 2.88. The third-order valence-electron chi connectivity index (χ3n) is 4.94. The smallest absolute Gasteiger partial charge is 0.264 e. The highest BCUT2D eigenvalue weighted by atomic mass is 35.5. The molecule has 1 aliphatic heterocycles. The predicted molar refractivity (Wildman–Crippen MR) is 119 cm³/mol. The van der Waals surface area contributed by atoms with E-state index < -0.39 is 16.2 Å². The van der Waals surface area contributed by atoms with Crippen molar-refractivity contribution in [1.29, 1.82) is 0 Å². The van der Waals surface area contributed by atoms with E-state index in [1.807, 2.05) is 24.3 Å². The van der Waals surface area contributed by atoms with Crippen LogP contribution in [0.2, 0.25) is 5.02 Å². The molecule has 0 radical (unpaired) electrons. The van der Waals surface area contributed by atoms with Gasteiger partial charge in [0.15, 0.2) is 11.5 Å². The monoisotopic (exact) mass is 463 g/mol. The fraction of sp³-hybridized carbons (Fsp3) is 0.333. The topological polar surface area (TPSA) is 90.8 Å². The number of anilines is 2. The van der Waals surface area contributed by atoms with Crippen LogP contribution in [0.5, 0.6) is 11.5 Å². The second-order valence-electron chi connectivity index (χ2n) is 7.31. The standard InChI is InChI=1S/C21H22ClN3O5S/c1-13(11-29-31(3,26)27)30-20-10-17-16(9-19(20)28-2)21(24-12-23-17)25-7-6-14-4-5-15(22)8-18(14)25/h4-5,8-10,12-13H,6-7,11H2,1-3H3. The number of hydrogen-bond acceptors (Lipinski definition) is 8. The fourth-order valence-corrected chi connectivity index (χ4v) is 4.16. The van der Waals surface area contributed by atoms with E-state index in [2.05, 4.69) is 14.9 Å². The van der Waals surface area contributed by atoms with Crippen molar-refractivity contribution in [3.63, 3.8) is 0 Å². The molecule has 31 heavy (non-hydrogen) atoms. The van der Waals surface area contributed by atoms with Gasteiger partial charge in [0.25, 0.3) is 10.1 Å². The number of benzene rings is 2. The van der Waals surface area contributed by atoms with Gasteiger partial charge in [0.05, 0.1) is 18.9 Å². The van der Waals surface area contributed by atoms with E-state index in [1.54, 1.807) is 20.1 Å². The van der Waals surface area contributed by atoms with E-state index in [1.165, 1.54) is 11.9 Å². The molecule has 0 amide bonds. The lowest BCUT2D eigenvalue weighted by Gasteiger charge is -2.21. The highest BCUT2D eigenvalue weighted by molar-refractivity contribution is 7.85. The van der Waals surface area contributed by atoms with Crippen molar-refractivity contribution in [2.45, 2.75) is 19.4 Å². The third kappa shape index (κ3) is 4.68. The summed E-state index contributed by atoms with van der Waals surface area (Å²) in [5.74, 6) is 1.68. The zero-order valence-electron chi connectivity index (χ0n) is 17.3. The van der Waals surface area contributed by atoms with Crippen LogP contribution < -0.4 is 14.4 Å². The summed E-state index contributed by atoms with van der Waals surface area (Å²) in [5, 5.41) is 1.47. The Morgan fingerprint density at radius 1 is 1.19 bits per heavy atom. The molecule has 8 nitrogen and oxygen atoms in total. The number of rotatable bonds is 7. The van der Waals surface area contributed by atoms with Gasteiger partial charge in [0, 0.05) is 28.7 Å². The number of ether oxygens (including phenoxy) is 2. The first-order chi connectivity index (χ1) is 14.7. The molecule has 4 rings (SSSR count). The summed E-state index contributed by atoms with van der Waals surface area (Å²) in [6, 6.07) is 9.45. The molecule has 1 aromatic heterocycles. The van der Waals surface area contributed by atoms with Crippen LogP contribution in [0.1, 0.15) is 12.5 Å². The second kappa shape index (κ2) is 8.49. The van der Waals surface area contributed by atoms with Crippen molar-refractivity contribution >= 4 is 44.1 Å². The molecular weight excluding hydrogens is 442 g/mol. The molecule has 2 aromatic carbocycles. The Labute approximate surface area is 185 Å². The molecule has 0 bridgehead atoms. The Bertz CT molecular complexity index is 1240. The van der Waals surface area contributed by atoms with Gasteiger partial charge in [0.2, 0.25) is 0 Å². The van der Waals surface area contributed by atoms with E-state index in [0.717, 1.165) is 36.1 Å². The van der Waals surface area contributed by atoms with Gasteiger partial charge in [-0.3, -0.25) is 4.18 Å². The molecule has 1 aliphatic rings. The normalized spacial score (nSPS) is 14.5. The molecular formula is C21H22ClN3O5S. The maximum absolute atomic E-state index is 11.2. The first kappa shape index (κ1) is 21.6. The Morgan fingerprint density at radius 3 is 2.74 bits per heavy atom. The lowest BCUT2D eigenvalue weighted by Crippen LogP contribution is -2.21. The van der Waals surface area contributed by atoms with E-state index >= 15 is 0 Å². The van der Waals surface area contributed by atoms with Gasteiger partial charge >= 0.3 is 0 Å². The van der Waals surface area contributed by atoms with Gasteiger partial charge in [-0.15, -0.1) is 0 Å². The third-order valence-corrected chi connectivity index (χ3v) is 5.74. The number of aromatic nitrogens is 2. The summed E-state index contributed by atoms with van der Waals surface area (Å²) in [5.41, 5.74) is 2.91.